The van der Waals surface area contributed by atoms with E-state index < -0.39 is 0 Å². The van der Waals surface area contributed by atoms with Gasteiger partial charge < -0.3 is 0 Å². The predicted molar refractivity (Wildman–Crippen MR) is 52.4 cm³/mol. The summed E-state index contributed by atoms with van der Waals surface area (Å²) in [6.07, 6.45) is 6.02. The average molecular weight is 174 g/mol. The zero-order valence-electron chi connectivity index (χ0n) is 8.31. The Labute approximate surface area is 75.5 Å². The Balaban J connectivity index is 0. The van der Waals surface area contributed by atoms with Gasteiger partial charge in [0.15, 0.2) is 0 Å². The van der Waals surface area contributed by atoms with Gasteiger partial charge in [0.25, 0.3) is 0 Å². The summed E-state index contributed by atoms with van der Waals surface area (Å²) in [4.78, 5) is 11.0. The van der Waals surface area contributed by atoms with Crippen molar-refractivity contribution in [3.8, 4) is 0 Å². The molecule has 0 amide bonds. The Morgan fingerprint density at radius 2 is 1.33 bits per heavy atom. The van der Waals surface area contributed by atoms with Crippen molar-refractivity contribution < 1.29 is 4.79 Å². The van der Waals surface area contributed by atoms with Crippen molar-refractivity contribution in [1.29, 1.82) is 0 Å². The monoisotopic (exact) mass is 174 g/mol. The number of carbonyl (C=O) groups excluding carboxylic acids is 1. The molecule has 0 aliphatic rings. The Morgan fingerprint density at radius 1 is 1.00 bits per heavy atom. The van der Waals surface area contributed by atoms with Crippen LogP contribution >= 0.6 is 0 Å². The Morgan fingerprint density at radius 3 is 1.58 bits per heavy atom. The first-order valence-electron chi connectivity index (χ1n) is 4.66. The lowest BCUT2D eigenvalue weighted by Gasteiger charge is -1.96. The molecule has 0 unspecified atom stereocenters. The second-order valence-corrected chi connectivity index (χ2v) is 2.75. The number of ketones is 1. The van der Waals surface area contributed by atoms with Gasteiger partial charge in [0, 0.05) is 12.8 Å². The van der Waals surface area contributed by atoms with E-state index in [1.54, 1.807) is 0 Å². The summed E-state index contributed by atoms with van der Waals surface area (Å²) in [6, 6.07) is 0. The van der Waals surface area contributed by atoms with Crippen molar-refractivity contribution in [3.63, 3.8) is 0 Å². The van der Waals surface area contributed by atoms with Crippen LogP contribution in [0.1, 0.15) is 52.4 Å². The number of nitrogens with two attached hydrogens (primary N) is 2. The number of Topliss-reactive ketones (excluding diaryl/α,β-unsaturated/α-hetero) is 1. The van der Waals surface area contributed by atoms with Gasteiger partial charge in [-0.05, 0) is 12.8 Å². The zero-order chi connectivity index (χ0) is 9.82. The third-order valence-corrected chi connectivity index (χ3v) is 1.62. The molecule has 0 saturated carbocycles. The normalized spacial score (nSPS) is 8.67. The standard InChI is InChI=1S/C9H18O.H4N2/c1-3-5-7-9(10)8-6-4-2;1-2/h3-8H2,1-2H3;1-2H2. The molecule has 0 aromatic carbocycles. The van der Waals surface area contributed by atoms with Crippen LogP contribution in [0.2, 0.25) is 0 Å². The van der Waals surface area contributed by atoms with Crippen LogP contribution in [0, 0.1) is 0 Å². The van der Waals surface area contributed by atoms with E-state index in [2.05, 4.69) is 25.5 Å². The van der Waals surface area contributed by atoms with Crippen LogP contribution in [0.4, 0.5) is 0 Å². The van der Waals surface area contributed by atoms with Gasteiger partial charge in [-0.2, -0.15) is 0 Å². The molecule has 0 atom stereocenters. The summed E-state index contributed by atoms with van der Waals surface area (Å²) in [6.45, 7) is 4.24. The smallest absolute Gasteiger partial charge is 0.132 e. The van der Waals surface area contributed by atoms with Gasteiger partial charge >= 0.3 is 0 Å². The van der Waals surface area contributed by atoms with Crippen molar-refractivity contribution in [2.75, 3.05) is 0 Å². The van der Waals surface area contributed by atoms with Crippen molar-refractivity contribution in [2.45, 2.75) is 52.4 Å². The van der Waals surface area contributed by atoms with E-state index in [0.29, 0.717) is 5.78 Å². The maximum atomic E-state index is 11.0. The van der Waals surface area contributed by atoms with Gasteiger partial charge in [-0.15, -0.1) is 0 Å². The van der Waals surface area contributed by atoms with E-state index in [1.165, 1.54) is 0 Å². The molecule has 3 nitrogen and oxygen atoms in total. The molecule has 0 heterocycles. The topological polar surface area (TPSA) is 69.1 Å². The number of hydrogen-bond donors (Lipinski definition) is 2. The second-order valence-electron chi connectivity index (χ2n) is 2.75. The highest BCUT2D eigenvalue weighted by Crippen LogP contribution is 2.02. The van der Waals surface area contributed by atoms with Gasteiger partial charge in [0.1, 0.15) is 5.78 Å². The van der Waals surface area contributed by atoms with Crippen LogP contribution in [0.25, 0.3) is 0 Å². The first kappa shape index (κ1) is 14.1. The highest BCUT2D eigenvalue weighted by Gasteiger charge is 1.98. The molecular weight excluding hydrogens is 152 g/mol. The molecule has 0 aromatic rings. The quantitative estimate of drug-likeness (QED) is 0.476. The molecule has 0 rings (SSSR count). The highest BCUT2D eigenvalue weighted by molar-refractivity contribution is 5.78. The minimum atomic E-state index is 0.448. The summed E-state index contributed by atoms with van der Waals surface area (Å²) in [5.41, 5.74) is 0. The molecule has 0 aliphatic heterocycles. The number of carbonyl (C=O) groups is 1. The zero-order valence-corrected chi connectivity index (χ0v) is 8.31. The lowest BCUT2D eigenvalue weighted by molar-refractivity contribution is -0.119. The van der Waals surface area contributed by atoms with Crippen LogP contribution < -0.4 is 11.7 Å². The molecule has 4 N–H and O–H groups in total. The molecule has 74 valence electrons. The minimum absolute atomic E-state index is 0.448. The van der Waals surface area contributed by atoms with E-state index in [4.69, 9.17) is 0 Å². The summed E-state index contributed by atoms with van der Waals surface area (Å²) < 4.78 is 0. The SMILES string of the molecule is CCCCC(=O)CCCC.NN. The number of unbranched alkanes of at least 4 members (excludes halogenated alkanes) is 2. The summed E-state index contributed by atoms with van der Waals surface area (Å²) >= 11 is 0. The van der Waals surface area contributed by atoms with Gasteiger partial charge in [-0.3, -0.25) is 16.5 Å². The molecule has 12 heavy (non-hydrogen) atoms. The van der Waals surface area contributed by atoms with Gasteiger partial charge in [-0.25, -0.2) is 0 Å². The van der Waals surface area contributed by atoms with Crippen LogP contribution in [0.15, 0.2) is 0 Å². The molecule has 0 aliphatic carbocycles. The van der Waals surface area contributed by atoms with Crippen molar-refractivity contribution in [3.05, 3.63) is 0 Å². The van der Waals surface area contributed by atoms with Crippen LogP contribution in [0.5, 0.6) is 0 Å². The molecule has 0 saturated heterocycles. The maximum absolute atomic E-state index is 11.0. The summed E-state index contributed by atoms with van der Waals surface area (Å²) in [7, 11) is 0. The predicted octanol–water partition coefficient (Wildman–Crippen LogP) is 1.75. The molecular formula is C9H22N2O. The van der Waals surface area contributed by atoms with E-state index in [9.17, 15) is 4.79 Å². The number of hydrogen-bond acceptors (Lipinski definition) is 3. The fraction of sp³-hybridized carbons (Fsp3) is 0.889. The largest absolute Gasteiger partial charge is 0.300 e. The lowest BCUT2D eigenvalue weighted by Crippen LogP contribution is -2.02. The third kappa shape index (κ3) is 12.3. The van der Waals surface area contributed by atoms with E-state index in [0.717, 1.165) is 38.5 Å². The summed E-state index contributed by atoms with van der Waals surface area (Å²) in [5.74, 6) is 8.45. The Kier molecular flexibility index (Phi) is 15.5. The second kappa shape index (κ2) is 13.2. The van der Waals surface area contributed by atoms with E-state index in [-0.39, 0.29) is 0 Å². The van der Waals surface area contributed by atoms with Crippen LogP contribution in [0.3, 0.4) is 0 Å². The van der Waals surface area contributed by atoms with E-state index in [1.807, 2.05) is 0 Å². The first-order valence-corrected chi connectivity index (χ1v) is 4.66. The average Bonchev–Trinajstić information content (AvgIpc) is 2.14. The molecule has 0 radical (unpaired) electrons. The lowest BCUT2D eigenvalue weighted by atomic mass is 10.1. The van der Waals surface area contributed by atoms with Crippen molar-refractivity contribution in [2.24, 2.45) is 11.7 Å². The van der Waals surface area contributed by atoms with Crippen LogP contribution in [-0.2, 0) is 4.79 Å². The maximum Gasteiger partial charge on any atom is 0.132 e. The molecule has 3 heteroatoms. The highest BCUT2D eigenvalue weighted by atomic mass is 16.1. The number of rotatable bonds is 6. The van der Waals surface area contributed by atoms with Gasteiger partial charge in [0.05, 0.1) is 0 Å². The third-order valence-electron chi connectivity index (χ3n) is 1.62. The summed E-state index contributed by atoms with van der Waals surface area (Å²) in [5, 5.41) is 0. The van der Waals surface area contributed by atoms with Crippen molar-refractivity contribution >= 4 is 5.78 Å². The molecule has 0 bridgehead atoms. The van der Waals surface area contributed by atoms with Gasteiger partial charge in [-0.1, -0.05) is 26.7 Å². The minimum Gasteiger partial charge on any atom is -0.300 e. The fourth-order valence-electron chi connectivity index (χ4n) is 0.873. The first-order chi connectivity index (χ1) is 5.81. The molecule has 0 aromatic heterocycles. The Bertz CT molecular complexity index is 84.5. The van der Waals surface area contributed by atoms with Crippen LogP contribution in [-0.4, -0.2) is 5.78 Å². The van der Waals surface area contributed by atoms with Crippen molar-refractivity contribution in [1.82, 2.24) is 0 Å². The Hall–Kier alpha value is -0.410. The van der Waals surface area contributed by atoms with E-state index >= 15 is 0 Å². The molecule has 0 spiro atoms. The van der Waals surface area contributed by atoms with Gasteiger partial charge in [0.2, 0.25) is 0 Å². The number of hydrazine groups is 1. The molecule has 0 fully saturated rings. The fourth-order valence-corrected chi connectivity index (χ4v) is 0.873.